The van der Waals surface area contributed by atoms with Crippen molar-refractivity contribution in [3.8, 4) is 22.8 Å². The molecule has 0 unspecified atom stereocenters. The summed E-state index contributed by atoms with van der Waals surface area (Å²) in [7, 11) is 1.26. The van der Waals surface area contributed by atoms with Gasteiger partial charge < -0.3 is 31.4 Å². The standard InChI is InChI=1S/C31H26F5N5O5S/c1-30(28(38)43)13-46-26-18(30)8-23(41-25(26)17-7-20(33)21(34)9-19(17)32)31(44,16-3-4-47-11-16)12-40-27(42)14-5-15(10-39-29(35)36)24(37)22(6-14)45-2/h3-11,29,44H,12-13,37H2,1-2H3,(H2,38,43)(H,40,42)/b39-10+/t30-,31+/m0/s1. The molecule has 6 N–H and O–H groups in total. The third-order valence-electron chi connectivity index (χ3n) is 7.79. The average Bonchev–Trinajstić information content (AvgIpc) is 3.70. The lowest BCUT2D eigenvalue weighted by Gasteiger charge is -2.29. The summed E-state index contributed by atoms with van der Waals surface area (Å²) >= 11 is 1.19. The van der Waals surface area contributed by atoms with Crippen LogP contribution in [0, 0.1) is 17.5 Å². The van der Waals surface area contributed by atoms with E-state index in [1.165, 1.54) is 49.6 Å². The Kier molecular flexibility index (Phi) is 8.92. The molecule has 5 rings (SSSR count). The van der Waals surface area contributed by atoms with Crippen LogP contribution in [0.25, 0.3) is 11.3 Å². The van der Waals surface area contributed by atoms with Gasteiger partial charge in [-0.2, -0.15) is 20.1 Å². The number of benzene rings is 2. The van der Waals surface area contributed by atoms with Gasteiger partial charge in [-0.15, -0.1) is 0 Å². The summed E-state index contributed by atoms with van der Waals surface area (Å²) in [5.74, 6) is -5.84. The van der Waals surface area contributed by atoms with Crippen molar-refractivity contribution in [2.24, 2.45) is 10.7 Å². The molecule has 0 radical (unpaired) electrons. The first-order chi connectivity index (χ1) is 22.2. The monoisotopic (exact) mass is 675 g/mol. The van der Waals surface area contributed by atoms with Crippen molar-refractivity contribution >= 4 is 35.1 Å². The van der Waals surface area contributed by atoms with Crippen LogP contribution in [0.4, 0.5) is 27.6 Å². The predicted octanol–water partition coefficient (Wildman–Crippen LogP) is 4.26. The number of carbonyl (C=O) groups is 2. The quantitative estimate of drug-likeness (QED) is 0.0642. The number of carbonyl (C=O) groups excluding carboxylic acids is 2. The Morgan fingerprint density at radius 2 is 1.94 bits per heavy atom. The molecule has 2 aromatic carbocycles. The molecule has 0 saturated carbocycles. The van der Waals surface area contributed by atoms with Crippen molar-refractivity contribution in [1.82, 2.24) is 10.3 Å². The smallest absolute Gasteiger partial charge is 0.331 e. The normalized spacial score (nSPS) is 17.0. The van der Waals surface area contributed by atoms with Gasteiger partial charge in [0.15, 0.2) is 11.6 Å². The number of pyridine rings is 1. The summed E-state index contributed by atoms with van der Waals surface area (Å²) in [6.07, 6.45) is 0.784. The highest BCUT2D eigenvalue weighted by Crippen LogP contribution is 2.47. The fourth-order valence-electron chi connectivity index (χ4n) is 5.03. The Bertz CT molecular complexity index is 1910. The minimum Gasteiger partial charge on any atom is -0.495 e. The number of anilines is 1. The molecule has 2 atom stereocenters. The molecule has 0 bridgehead atoms. The van der Waals surface area contributed by atoms with E-state index in [9.17, 15) is 32.3 Å². The van der Waals surface area contributed by atoms with Crippen LogP contribution in [0.15, 0.2) is 52.2 Å². The number of hydrogen-bond donors (Lipinski definition) is 4. The molecule has 3 heterocycles. The van der Waals surface area contributed by atoms with Gasteiger partial charge in [0.1, 0.15) is 40.6 Å². The number of nitrogens with one attached hydrogen (secondary N) is 1. The molecule has 10 nitrogen and oxygen atoms in total. The topological polar surface area (TPSA) is 162 Å². The largest absolute Gasteiger partial charge is 0.495 e. The molecule has 2 amide bonds. The van der Waals surface area contributed by atoms with Gasteiger partial charge in [0.05, 0.1) is 25.0 Å². The zero-order chi connectivity index (χ0) is 34.3. The van der Waals surface area contributed by atoms with Crippen molar-refractivity contribution in [2.45, 2.75) is 24.5 Å². The number of thiophene rings is 1. The Hall–Kier alpha value is -5.09. The molecule has 246 valence electrons. The van der Waals surface area contributed by atoms with Gasteiger partial charge in [0.2, 0.25) is 5.91 Å². The van der Waals surface area contributed by atoms with E-state index in [1.54, 1.807) is 10.8 Å². The summed E-state index contributed by atoms with van der Waals surface area (Å²) in [5.41, 5.74) is 6.96. The van der Waals surface area contributed by atoms with Crippen LogP contribution in [-0.2, 0) is 15.8 Å². The maximum atomic E-state index is 15.1. The SMILES string of the molecule is COc1cc(C(=O)NC[C@@](O)(c2ccsc2)c2cc3c(c(-c4cc(F)c(F)cc4F)n2)OC[C@]3(C)C(N)=O)cc(/C=N/C(F)F)c1N. The Morgan fingerprint density at radius 1 is 1.21 bits per heavy atom. The maximum Gasteiger partial charge on any atom is 0.331 e. The first-order valence-corrected chi connectivity index (χ1v) is 14.6. The number of nitrogen functional groups attached to an aromatic ring is 1. The van der Waals surface area contributed by atoms with Crippen molar-refractivity contribution < 1.29 is 46.1 Å². The van der Waals surface area contributed by atoms with Crippen LogP contribution < -0.4 is 26.3 Å². The van der Waals surface area contributed by atoms with E-state index in [4.69, 9.17) is 20.9 Å². The zero-order valence-corrected chi connectivity index (χ0v) is 25.4. The number of nitrogens with zero attached hydrogens (tertiary/aromatic N) is 2. The van der Waals surface area contributed by atoms with Crippen LogP contribution in [0.2, 0.25) is 0 Å². The van der Waals surface area contributed by atoms with Gasteiger partial charge in [-0.05, 0) is 48.0 Å². The highest BCUT2D eigenvalue weighted by atomic mass is 32.1. The third-order valence-corrected chi connectivity index (χ3v) is 8.47. The fourth-order valence-corrected chi connectivity index (χ4v) is 5.75. The molecule has 2 aromatic heterocycles. The van der Waals surface area contributed by atoms with E-state index in [-0.39, 0.29) is 57.4 Å². The second kappa shape index (κ2) is 12.6. The number of amides is 2. The lowest BCUT2D eigenvalue weighted by molar-refractivity contribution is -0.123. The van der Waals surface area contributed by atoms with Gasteiger partial charge >= 0.3 is 6.55 Å². The second-order valence-corrected chi connectivity index (χ2v) is 11.5. The molecular formula is C31H26F5N5O5S. The van der Waals surface area contributed by atoms with Crippen LogP contribution >= 0.6 is 11.3 Å². The van der Waals surface area contributed by atoms with Crippen molar-refractivity contribution in [1.29, 1.82) is 0 Å². The maximum absolute atomic E-state index is 15.1. The highest BCUT2D eigenvalue weighted by Gasteiger charge is 2.46. The predicted molar refractivity (Wildman–Crippen MR) is 162 cm³/mol. The number of fused-ring (bicyclic) bond motifs is 1. The third kappa shape index (κ3) is 6.08. The summed E-state index contributed by atoms with van der Waals surface area (Å²) in [6, 6.07) is 6.16. The molecule has 0 fully saturated rings. The second-order valence-electron chi connectivity index (χ2n) is 10.8. The minimum absolute atomic E-state index is 0.00862. The summed E-state index contributed by atoms with van der Waals surface area (Å²) in [4.78, 5) is 33.4. The molecule has 0 saturated heterocycles. The lowest BCUT2D eigenvalue weighted by atomic mass is 9.81. The number of aromatic nitrogens is 1. The number of primary amides is 1. The number of ether oxygens (including phenoxy) is 2. The van der Waals surface area contributed by atoms with Crippen molar-refractivity contribution in [3.63, 3.8) is 0 Å². The van der Waals surface area contributed by atoms with E-state index >= 15 is 4.39 Å². The number of halogens is 5. The minimum atomic E-state index is -3.04. The van der Waals surface area contributed by atoms with E-state index in [0.29, 0.717) is 12.1 Å². The molecular weight excluding hydrogens is 649 g/mol. The number of aliphatic imine (C=N–C) groups is 1. The van der Waals surface area contributed by atoms with Crippen LogP contribution in [-0.4, -0.2) is 54.9 Å². The number of nitrogens with two attached hydrogens (primary N) is 2. The van der Waals surface area contributed by atoms with Gasteiger partial charge in [-0.3, -0.25) is 9.59 Å². The number of hydrogen-bond acceptors (Lipinski definition) is 9. The van der Waals surface area contributed by atoms with Crippen molar-refractivity contribution in [2.75, 3.05) is 26.0 Å². The summed E-state index contributed by atoms with van der Waals surface area (Å²) in [6.45, 7) is -2.48. The van der Waals surface area contributed by atoms with E-state index in [2.05, 4.69) is 15.3 Å². The Morgan fingerprint density at radius 3 is 2.57 bits per heavy atom. The first-order valence-electron chi connectivity index (χ1n) is 13.6. The lowest BCUT2D eigenvalue weighted by Crippen LogP contribution is -2.43. The average molecular weight is 676 g/mol. The van der Waals surface area contributed by atoms with E-state index < -0.39 is 58.9 Å². The molecule has 0 aliphatic carbocycles. The first kappa shape index (κ1) is 33.3. The Balaban J connectivity index is 1.63. The van der Waals surface area contributed by atoms with Crippen LogP contribution in [0.3, 0.4) is 0 Å². The number of alkyl halides is 2. The molecule has 1 aliphatic rings. The molecule has 0 spiro atoms. The number of rotatable bonds is 10. The summed E-state index contributed by atoms with van der Waals surface area (Å²) < 4.78 is 79.7. The molecule has 4 aromatic rings. The molecule has 16 heteroatoms. The van der Waals surface area contributed by atoms with Crippen molar-refractivity contribution in [3.05, 3.63) is 92.6 Å². The number of aliphatic hydroxyl groups is 1. The van der Waals surface area contributed by atoms with Gasteiger partial charge in [-0.25, -0.2) is 23.1 Å². The van der Waals surface area contributed by atoms with E-state index in [1.807, 2.05) is 0 Å². The summed E-state index contributed by atoms with van der Waals surface area (Å²) in [5, 5.41) is 18.0. The number of methoxy groups -OCH3 is 1. The highest BCUT2D eigenvalue weighted by molar-refractivity contribution is 7.08. The molecule has 47 heavy (non-hydrogen) atoms. The fraction of sp³-hybridized carbons (Fsp3) is 0.226. The molecule has 1 aliphatic heterocycles. The zero-order valence-electron chi connectivity index (χ0n) is 24.6. The Labute approximate surface area is 267 Å². The van der Waals surface area contributed by atoms with Gasteiger partial charge in [0, 0.05) is 40.1 Å². The van der Waals surface area contributed by atoms with Gasteiger partial charge in [-0.1, -0.05) is 0 Å². The van der Waals surface area contributed by atoms with E-state index in [0.717, 1.165) is 6.21 Å². The van der Waals surface area contributed by atoms with Crippen LogP contribution in [0.1, 0.15) is 39.7 Å². The van der Waals surface area contributed by atoms with Crippen LogP contribution in [0.5, 0.6) is 11.5 Å². The van der Waals surface area contributed by atoms with Gasteiger partial charge in [0.25, 0.3) is 5.91 Å².